The van der Waals surface area contributed by atoms with E-state index in [4.69, 9.17) is 9.47 Å². The van der Waals surface area contributed by atoms with E-state index in [1.165, 1.54) is 7.11 Å². The third kappa shape index (κ3) is 4.60. The van der Waals surface area contributed by atoms with Gasteiger partial charge >= 0.3 is 12.3 Å². The van der Waals surface area contributed by atoms with Gasteiger partial charge in [0.15, 0.2) is 5.75 Å². The predicted octanol–water partition coefficient (Wildman–Crippen LogP) is 2.40. The fraction of sp³-hybridized carbons (Fsp3) is 0.500. The molecule has 1 aromatic rings. The number of carbonyl (C=O) groups is 1. The molecule has 0 aromatic carbocycles. The van der Waals surface area contributed by atoms with E-state index in [-0.39, 0.29) is 24.5 Å². The SMILES string of the molecule is CCOC(=O)Cc1cc(OC(F)(F)F)c(OC)nc1C. The van der Waals surface area contributed by atoms with Gasteiger partial charge in [-0.05, 0) is 25.5 Å². The molecule has 5 nitrogen and oxygen atoms in total. The number of rotatable bonds is 5. The number of aryl methyl sites for hydroxylation is 1. The first-order chi connectivity index (χ1) is 9.26. The Kier molecular flexibility index (Phi) is 5.18. The number of halogens is 3. The van der Waals surface area contributed by atoms with Gasteiger partial charge in [0.1, 0.15) is 0 Å². The molecule has 0 bridgehead atoms. The number of hydrogen-bond donors (Lipinski definition) is 0. The molecule has 112 valence electrons. The summed E-state index contributed by atoms with van der Waals surface area (Å²) < 4.78 is 50.1. The molecule has 0 radical (unpaired) electrons. The summed E-state index contributed by atoms with van der Waals surface area (Å²) in [4.78, 5) is 15.2. The first kappa shape index (κ1) is 16.1. The minimum atomic E-state index is -4.87. The van der Waals surface area contributed by atoms with E-state index in [1.807, 2.05) is 0 Å². The van der Waals surface area contributed by atoms with E-state index in [1.54, 1.807) is 13.8 Å². The molecule has 0 atom stereocenters. The first-order valence-electron chi connectivity index (χ1n) is 5.72. The molecule has 1 rings (SSSR count). The number of esters is 1. The molecule has 0 fully saturated rings. The Bertz CT molecular complexity index is 488. The molecule has 0 N–H and O–H groups in total. The Balaban J connectivity index is 3.07. The maximum Gasteiger partial charge on any atom is 0.573 e. The Morgan fingerprint density at radius 2 is 2.05 bits per heavy atom. The highest BCUT2D eigenvalue weighted by atomic mass is 19.4. The number of carbonyl (C=O) groups excluding carboxylic acids is 1. The van der Waals surface area contributed by atoms with Crippen molar-refractivity contribution in [3.63, 3.8) is 0 Å². The van der Waals surface area contributed by atoms with Crippen molar-refractivity contribution in [1.82, 2.24) is 4.98 Å². The molecular weight excluding hydrogens is 279 g/mol. The summed E-state index contributed by atoms with van der Waals surface area (Å²) in [7, 11) is 1.18. The molecule has 20 heavy (non-hydrogen) atoms. The summed E-state index contributed by atoms with van der Waals surface area (Å²) in [5, 5.41) is 0. The van der Waals surface area contributed by atoms with Crippen molar-refractivity contribution in [2.24, 2.45) is 0 Å². The molecule has 0 unspecified atom stereocenters. The number of nitrogens with zero attached hydrogens (tertiary/aromatic N) is 1. The molecule has 0 saturated carbocycles. The lowest BCUT2D eigenvalue weighted by atomic mass is 10.1. The van der Waals surface area contributed by atoms with E-state index in [2.05, 4.69) is 9.72 Å². The van der Waals surface area contributed by atoms with Crippen LogP contribution in [0.4, 0.5) is 13.2 Å². The Labute approximate surface area is 113 Å². The molecule has 0 spiro atoms. The fourth-order valence-corrected chi connectivity index (χ4v) is 1.49. The lowest BCUT2D eigenvalue weighted by Gasteiger charge is -2.14. The molecule has 0 saturated heterocycles. The van der Waals surface area contributed by atoms with Gasteiger partial charge in [-0.15, -0.1) is 13.2 Å². The summed E-state index contributed by atoms with van der Waals surface area (Å²) in [6.07, 6.45) is -5.06. The van der Waals surface area contributed by atoms with Crippen molar-refractivity contribution in [3.05, 3.63) is 17.3 Å². The third-order valence-corrected chi connectivity index (χ3v) is 2.31. The second-order valence-electron chi connectivity index (χ2n) is 3.77. The van der Waals surface area contributed by atoms with Gasteiger partial charge in [0, 0.05) is 5.69 Å². The molecule has 8 heteroatoms. The van der Waals surface area contributed by atoms with E-state index in [0.29, 0.717) is 5.69 Å². The monoisotopic (exact) mass is 293 g/mol. The largest absolute Gasteiger partial charge is 0.573 e. The summed E-state index contributed by atoms with van der Waals surface area (Å²) >= 11 is 0. The minimum Gasteiger partial charge on any atom is -0.478 e. The van der Waals surface area contributed by atoms with Crippen molar-refractivity contribution >= 4 is 5.97 Å². The highest BCUT2D eigenvalue weighted by molar-refractivity contribution is 5.73. The van der Waals surface area contributed by atoms with Crippen LogP contribution >= 0.6 is 0 Å². The number of aromatic nitrogens is 1. The standard InChI is InChI=1S/C12H14F3NO4/c1-4-19-10(17)6-8-5-9(20-12(13,14)15)11(18-3)16-7(8)2/h5H,4,6H2,1-3H3. The second-order valence-corrected chi connectivity index (χ2v) is 3.77. The zero-order valence-electron chi connectivity index (χ0n) is 11.2. The van der Waals surface area contributed by atoms with Crippen LogP contribution in [0.3, 0.4) is 0 Å². The lowest BCUT2D eigenvalue weighted by Crippen LogP contribution is -2.18. The Hall–Kier alpha value is -1.99. The summed E-state index contributed by atoms with van der Waals surface area (Å²) in [6.45, 7) is 3.37. The molecule has 0 aliphatic carbocycles. The smallest absolute Gasteiger partial charge is 0.478 e. The van der Waals surface area contributed by atoms with Gasteiger partial charge in [-0.3, -0.25) is 4.79 Å². The highest BCUT2D eigenvalue weighted by Crippen LogP contribution is 2.32. The highest BCUT2D eigenvalue weighted by Gasteiger charge is 2.33. The number of pyridine rings is 1. The molecule has 0 aliphatic rings. The molecule has 1 aromatic heterocycles. The zero-order valence-corrected chi connectivity index (χ0v) is 11.2. The van der Waals surface area contributed by atoms with Crippen molar-refractivity contribution in [2.75, 3.05) is 13.7 Å². The summed E-state index contributed by atoms with van der Waals surface area (Å²) in [5.74, 6) is -1.45. The maximum atomic E-state index is 12.3. The number of methoxy groups -OCH3 is 1. The summed E-state index contributed by atoms with van der Waals surface area (Å²) in [6, 6.07) is 1.07. The van der Waals surface area contributed by atoms with Crippen LogP contribution in [0.2, 0.25) is 0 Å². The molecule has 0 amide bonds. The van der Waals surface area contributed by atoms with Crippen LogP contribution < -0.4 is 9.47 Å². The van der Waals surface area contributed by atoms with Crippen LogP contribution in [0.1, 0.15) is 18.2 Å². The van der Waals surface area contributed by atoms with Gasteiger partial charge in [0.2, 0.25) is 0 Å². The van der Waals surface area contributed by atoms with Crippen LogP contribution in [-0.4, -0.2) is 31.0 Å². The van der Waals surface area contributed by atoms with Gasteiger partial charge in [-0.1, -0.05) is 0 Å². The van der Waals surface area contributed by atoms with Crippen LogP contribution in [0.15, 0.2) is 6.07 Å². The van der Waals surface area contributed by atoms with Crippen molar-refractivity contribution in [2.45, 2.75) is 26.6 Å². The van der Waals surface area contributed by atoms with Gasteiger partial charge in [0.05, 0.1) is 20.1 Å². The van der Waals surface area contributed by atoms with Crippen LogP contribution in [0.5, 0.6) is 11.6 Å². The van der Waals surface area contributed by atoms with Gasteiger partial charge in [0.25, 0.3) is 5.88 Å². The topological polar surface area (TPSA) is 57.7 Å². The quantitative estimate of drug-likeness (QED) is 0.780. The average molecular weight is 293 g/mol. The van der Waals surface area contributed by atoms with Gasteiger partial charge < -0.3 is 14.2 Å². The van der Waals surface area contributed by atoms with E-state index in [0.717, 1.165) is 6.07 Å². The normalized spacial score (nSPS) is 11.1. The van der Waals surface area contributed by atoms with Gasteiger partial charge in [-0.25, -0.2) is 4.98 Å². The minimum absolute atomic E-state index is 0.188. The summed E-state index contributed by atoms with van der Waals surface area (Å²) in [5.41, 5.74) is 0.646. The molecular formula is C12H14F3NO4. The Morgan fingerprint density at radius 3 is 2.55 bits per heavy atom. The van der Waals surface area contributed by atoms with Crippen LogP contribution in [-0.2, 0) is 16.0 Å². The molecule has 1 heterocycles. The fourth-order valence-electron chi connectivity index (χ4n) is 1.49. The van der Waals surface area contributed by atoms with Crippen molar-refractivity contribution in [3.8, 4) is 11.6 Å². The van der Waals surface area contributed by atoms with Crippen LogP contribution in [0.25, 0.3) is 0 Å². The first-order valence-corrected chi connectivity index (χ1v) is 5.72. The van der Waals surface area contributed by atoms with Crippen LogP contribution in [0, 0.1) is 6.92 Å². The number of alkyl halides is 3. The lowest BCUT2D eigenvalue weighted by molar-refractivity contribution is -0.275. The Morgan fingerprint density at radius 1 is 1.40 bits per heavy atom. The third-order valence-electron chi connectivity index (χ3n) is 2.31. The van der Waals surface area contributed by atoms with E-state index >= 15 is 0 Å². The number of hydrogen-bond acceptors (Lipinski definition) is 5. The second kappa shape index (κ2) is 6.44. The van der Waals surface area contributed by atoms with E-state index in [9.17, 15) is 18.0 Å². The van der Waals surface area contributed by atoms with Gasteiger partial charge in [-0.2, -0.15) is 0 Å². The number of ether oxygens (including phenoxy) is 3. The zero-order chi connectivity index (χ0) is 15.3. The van der Waals surface area contributed by atoms with E-state index < -0.39 is 18.1 Å². The average Bonchev–Trinajstić information content (AvgIpc) is 2.31. The van der Waals surface area contributed by atoms with Crippen molar-refractivity contribution in [1.29, 1.82) is 0 Å². The predicted molar refractivity (Wildman–Crippen MR) is 62.5 cm³/mol. The maximum absolute atomic E-state index is 12.3. The molecule has 0 aliphatic heterocycles. The van der Waals surface area contributed by atoms with Crippen molar-refractivity contribution < 1.29 is 32.2 Å².